The van der Waals surface area contributed by atoms with Crippen LogP contribution in [0.15, 0.2) is 42.6 Å². The SMILES string of the molecule is O=C(NCC1Cc2ccccc2O1)Nc1ccc(N2CCOCC2)nc1. The molecular weight excluding hydrogens is 332 g/mol. The van der Waals surface area contributed by atoms with Gasteiger partial charge in [-0.25, -0.2) is 9.78 Å². The molecule has 0 saturated carbocycles. The highest BCUT2D eigenvalue weighted by Crippen LogP contribution is 2.27. The van der Waals surface area contributed by atoms with Gasteiger partial charge in [0.15, 0.2) is 0 Å². The number of hydrogen-bond donors (Lipinski definition) is 2. The fraction of sp³-hybridized carbons (Fsp3) is 0.368. The Hall–Kier alpha value is -2.80. The molecule has 3 heterocycles. The van der Waals surface area contributed by atoms with Gasteiger partial charge in [-0.15, -0.1) is 0 Å². The predicted octanol–water partition coefficient (Wildman–Crippen LogP) is 2.04. The monoisotopic (exact) mass is 354 g/mol. The van der Waals surface area contributed by atoms with Gasteiger partial charge < -0.3 is 25.0 Å². The molecule has 1 aromatic heterocycles. The summed E-state index contributed by atoms with van der Waals surface area (Å²) in [5.74, 6) is 1.80. The normalized spacial score (nSPS) is 18.8. The molecule has 1 aromatic carbocycles. The molecule has 2 amide bonds. The highest BCUT2D eigenvalue weighted by Gasteiger charge is 2.22. The average molecular weight is 354 g/mol. The number of para-hydroxylation sites is 1. The first kappa shape index (κ1) is 16.7. The number of nitrogens with zero attached hydrogens (tertiary/aromatic N) is 2. The molecule has 1 atom stereocenters. The van der Waals surface area contributed by atoms with E-state index in [9.17, 15) is 4.79 Å². The van der Waals surface area contributed by atoms with Gasteiger partial charge in [-0.05, 0) is 23.8 Å². The van der Waals surface area contributed by atoms with Gasteiger partial charge in [0.1, 0.15) is 17.7 Å². The molecule has 7 heteroatoms. The minimum atomic E-state index is -0.259. The Morgan fingerprint density at radius 3 is 2.81 bits per heavy atom. The molecule has 4 rings (SSSR count). The first-order chi connectivity index (χ1) is 12.8. The summed E-state index contributed by atoms with van der Waals surface area (Å²) in [5, 5.41) is 5.66. The van der Waals surface area contributed by atoms with Gasteiger partial charge in [-0.3, -0.25) is 0 Å². The van der Waals surface area contributed by atoms with Gasteiger partial charge in [0.25, 0.3) is 0 Å². The molecule has 7 nitrogen and oxygen atoms in total. The zero-order valence-corrected chi connectivity index (χ0v) is 14.5. The van der Waals surface area contributed by atoms with Crippen LogP contribution >= 0.6 is 0 Å². The molecule has 1 saturated heterocycles. The van der Waals surface area contributed by atoms with Crippen molar-refractivity contribution < 1.29 is 14.3 Å². The van der Waals surface area contributed by atoms with Crippen LogP contribution < -0.4 is 20.3 Å². The number of ether oxygens (including phenoxy) is 2. The highest BCUT2D eigenvalue weighted by molar-refractivity contribution is 5.89. The third-order valence-corrected chi connectivity index (χ3v) is 4.54. The van der Waals surface area contributed by atoms with Crippen molar-refractivity contribution in [1.29, 1.82) is 0 Å². The molecule has 1 fully saturated rings. The summed E-state index contributed by atoms with van der Waals surface area (Å²) in [6, 6.07) is 11.5. The van der Waals surface area contributed by atoms with E-state index in [1.54, 1.807) is 6.20 Å². The van der Waals surface area contributed by atoms with Crippen LogP contribution in [0.1, 0.15) is 5.56 Å². The number of aromatic nitrogens is 1. The maximum Gasteiger partial charge on any atom is 0.319 e. The molecule has 1 unspecified atom stereocenters. The van der Waals surface area contributed by atoms with E-state index in [1.807, 2.05) is 30.3 Å². The van der Waals surface area contributed by atoms with Crippen LogP contribution in [0.25, 0.3) is 0 Å². The van der Waals surface area contributed by atoms with Crippen LogP contribution in [-0.2, 0) is 11.2 Å². The topological polar surface area (TPSA) is 75.7 Å². The number of amides is 2. The Labute approximate surface area is 152 Å². The van der Waals surface area contributed by atoms with Crippen molar-refractivity contribution in [1.82, 2.24) is 10.3 Å². The standard InChI is InChI=1S/C19H22N4O3/c24-19(21-13-16-11-14-3-1-2-4-17(14)26-16)22-15-5-6-18(20-12-15)23-7-9-25-10-8-23/h1-6,12,16H,7-11,13H2,(H2,21,22,24). The number of hydrogen-bond acceptors (Lipinski definition) is 5. The molecule has 2 N–H and O–H groups in total. The zero-order chi connectivity index (χ0) is 17.8. The summed E-state index contributed by atoms with van der Waals surface area (Å²) in [7, 11) is 0. The summed E-state index contributed by atoms with van der Waals surface area (Å²) >= 11 is 0. The van der Waals surface area contributed by atoms with Crippen molar-refractivity contribution in [3.05, 3.63) is 48.2 Å². The Kier molecular flexibility index (Phi) is 4.88. The molecule has 2 aliphatic heterocycles. The predicted molar refractivity (Wildman–Crippen MR) is 98.9 cm³/mol. The van der Waals surface area contributed by atoms with Crippen molar-refractivity contribution in [2.75, 3.05) is 43.1 Å². The van der Waals surface area contributed by atoms with Crippen LogP contribution in [0.3, 0.4) is 0 Å². The lowest BCUT2D eigenvalue weighted by Crippen LogP contribution is -2.37. The Balaban J connectivity index is 1.25. The number of morpholine rings is 1. The van der Waals surface area contributed by atoms with E-state index >= 15 is 0 Å². The maximum atomic E-state index is 12.1. The Bertz CT molecular complexity index is 735. The number of anilines is 2. The molecule has 26 heavy (non-hydrogen) atoms. The lowest BCUT2D eigenvalue weighted by atomic mass is 10.1. The van der Waals surface area contributed by atoms with Crippen LogP contribution in [0, 0.1) is 0 Å². The third-order valence-electron chi connectivity index (χ3n) is 4.54. The summed E-state index contributed by atoms with van der Waals surface area (Å²) < 4.78 is 11.2. The van der Waals surface area contributed by atoms with Gasteiger partial charge in [0, 0.05) is 19.5 Å². The zero-order valence-electron chi connectivity index (χ0n) is 14.5. The fourth-order valence-corrected chi connectivity index (χ4v) is 3.19. The van der Waals surface area contributed by atoms with E-state index in [-0.39, 0.29) is 12.1 Å². The lowest BCUT2D eigenvalue weighted by molar-refractivity contribution is 0.122. The summed E-state index contributed by atoms with van der Waals surface area (Å²) in [6.07, 6.45) is 2.46. The molecule has 2 aliphatic rings. The van der Waals surface area contributed by atoms with E-state index in [0.717, 1.165) is 44.3 Å². The van der Waals surface area contributed by atoms with Gasteiger partial charge >= 0.3 is 6.03 Å². The van der Waals surface area contributed by atoms with Crippen LogP contribution in [0.5, 0.6) is 5.75 Å². The molecular formula is C19H22N4O3. The second-order valence-corrected chi connectivity index (χ2v) is 6.39. The van der Waals surface area contributed by atoms with Gasteiger partial charge in [-0.2, -0.15) is 0 Å². The van der Waals surface area contributed by atoms with Crippen LogP contribution in [0.4, 0.5) is 16.3 Å². The second-order valence-electron chi connectivity index (χ2n) is 6.39. The van der Waals surface area contributed by atoms with E-state index in [2.05, 4.69) is 26.6 Å². The minimum Gasteiger partial charge on any atom is -0.488 e. The van der Waals surface area contributed by atoms with Crippen LogP contribution in [-0.4, -0.2) is 50.0 Å². The average Bonchev–Trinajstić information content (AvgIpc) is 3.11. The van der Waals surface area contributed by atoms with Crippen molar-refractivity contribution in [2.24, 2.45) is 0 Å². The minimum absolute atomic E-state index is 0.0278. The summed E-state index contributed by atoms with van der Waals surface area (Å²) in [5.41, 5.74) is 1.85. The first-order valence-electron chi connectivity index (χ1n) is 8.86. The van der Waals surface area contributed by atoms with E-state index in [1.165, 1.54) is 5.56 Å². The molecule has 0 spiro atoms. The number of nitrogens with one attached hydrogen (secondary N) is 2. The molecule has 2 aromatic rings. The van der Waals surface area contributed by atoms with Crippen LogP contribution in [0.2, 0.25) is 0 Å². The van der Waals surface area contributed by atoms with E-state index in [0.29, 0.717) is 12.2 Å². The summed E-state index contributed by atoms with van der Waals surface area (Å²) in [4.78, 5) is 18.7. The number of pyridine rings is 1. The lowest BCUT2D eigenvalue weighted by Gasteiger charge is -2.27. The van der Waals surface area contributed by atoms with Gasteiger partial charge in [-0.1, -0.05) is 18.2 Å². The number of rotatable bonds is 4. The Morgan fingerprint density at radius 2 is 2.04 bits per heavy atom. The quantitative estimate of drug-likeness (QED) is 0.879. The third kappa shape index (κ3) is 3.88. The van der Waals surface area contributed by atoms with Crippen molar-refractivity contribution in [2.45, 2.75) is 12.5 Å². The van der Waals surface area contributed by atoms with Gasteiger partial charge in [0.05, 0.1) is 31.6 Å². The van der Waals surface area contributed by atoms with Crippen molar-refractivity contribution >= 4 is 17.5 Å². The number of carbonyl (C=O) groups excluding carboxylic acids is 1. The number of benzene rings is 1. The van der Waals surface area contributed by atoms with Crippen molar-refractivity contribution in [3.63, 3.8) is 0 Å². The van der Waals surface area contributed by atoms with E-state index in [4.69, 9.17) is 9.47 Å². The molecule has 0 bridgehead atoms. The second kappa shape index (κ2) is 7.61. The largest absolute Gasteiger partial charge is 0.488 e. The number of carbonyl (C=O) groups is 1. The maximum absolute atomic E-state index is 12.1. The van der Waals surface area contributed by atoms with E-state index < -0.39 is 0 Å². The number of fused-ring (bicyclic) bond motifs is 1. The molecule has 0 aliphatic carbocycles. The fourth-order valence-electron chi connectivity index (χ4n) is 3.19. The molecule has 0 radical (unpaired) electrons. The van der Waals surface area contributed by atoms with Gasteiger partial charge in [0.2, 0.25) is 0 Å². The van der Waals surface area contributed by atoms with Crippen molar-refractivity contribution in [3.8, 4) is 5.75 Å². The first-order valence-corrected chi connectivity index (χ1v) is 8.86. The number of urea groups is 1. The smallest absolute Gasteiger partial charge is 0.319 e. The molecule has 136 valence electrons. The highest BCUT2D eigenvalue weighted by atomic mass is 16.5. The Morgan fingerprint density at radius 1 is 1.19 bits per heavy atom. The summed E-state index contributed by atoms with van der Waals surface area (Å²) in [6.45, 7) is 3.57.